The summed E-state index contributed by atoms with van der Waals surface area (Å²) in [5.74, 6) is 0. The monoisotopic (exact) mass is 332 g/mol. The molecule has 10 heteroatoms. The Kier molecular flexibility index (Phi) is 3.70. The van der Waals surface area contributed by atoms with Gasteiger partial charge in [0.05, 0.1) is 11.4 Å². The van der Waals surface area contributed by atoms with E-state index in [0.29, 0.717) is 40.4 Å². The molecule has 0 aromatic carbocycles. The highest BCUT2D eigenvalue weighted by atomic mass is 32.2. The Morgan fingerprint density at radius 1 is 0.762 bits per heavy atom. The van der Waals surface area contributed by atoms with Crippen LogP contribution in [-0.4, -0.2) is 28.3 Å². The molecule has 0 atom stereocenters. The van der Waals surface area contributed by atoms with E-state index >= 15 is 0 Å². The highest BCUT2D eigenvalue weighted by molar-refractivity contribution is 7.88. The van der Waals surface area contributed by atoms with Gasteiger partial charge in [0, 0.05) is 17.8 Å². The summed E-state index contributed by atoms with van der Waals surface area (Å²) in [6.45, 7) is 6.49. The van der Waals surface area contributed by atoms with Crippen LogP contribution in [0.15, 0.2) is 31.3 Å². The molecule has 0 spiro atoms. The second-order valence-electron chi connectivity index (χ2n) is 4.89. The van der Waals surface area contributed by atoms with Gasteiger partial charge in [0.15, 0.2) is 0 Å². The molecule has 21 heavy (non-hydrogen) atoms. The SMILES string of the molecule is CC1=NS(=O)(=O)NC(C)=C1CC1=C(C)NS(=O)(=O)N=C1C. The molecular formula is C11H16N4O4S2. The molecule has 116 valence electrons. The smallest absolute Gasteiger partial charge is 0.269 e. The maximum Gasteiger partial charge on any atom is 0.342 e. The van der Waals surface area contributed by atoms with E-state index in [2.05, 4.69) is 18.2 Å². The van der Waals surface area contributed by atoms with Crippen LogP contribution in [0.3, 0.4) is 0 Å². The van der Waals surface area contributed by atoms with Crippen molar-refractivity contribution in [2.24, 2.45) is 8.80 Å². The minimum absolute atomic E-state index is 0.341. The summed E-state index contributed by atoms with van der Waals surface area (Å²) in [7, 11) is -7.36. The van der Waals surface area contributed by atoms with Gasteiger partial charge in [-0.15, -0.1) is 8.80 Å². The number of hydrogen-bond donors (Lipinski definition) is 2. The Hall–Kier alpha value is -1.68. The van der Waals surface area contributed by atoms with Gasteiger partial charge >= 0.3 is 20.4 Å². The third kappa shape index (κ3) is 3.32. The van der Waals surface area contributed by atoms with Crippen molar-refractivity contribution in [1.82, 2.24) is 9.44 Å². The molecular weight excluding hydrogens is 316 g/mol. The Morgan fingerprint density at radius 3 is 1.38 bits per heavy atom. The summed E-state index contributed by atoms with van der Waals surface area (Å²) >= 11 is 0. The molecule has 0 bridgehead atoms. The van der Waals surface area contributed by atoms with Gasteiger partial charge < -0.3 is 0 Å². The van der Waals surface area contributed by atoms with Crippen molar-refractivity contribution in [2.75, 3.05) is 0 Å². The summed E-state index contributed by atoms with van der Waals surface area (Å²) in [5.41, 5.74) is 3.12. The number of rotatable bonds is 2. The third-order valence-corrected chi connectivity index (χ3v) is 5.37. The van der Waals surface area contributed by atoms with Crippen LogP contribution >= 0.6 is 0 Å². The fraction of sp³-hybridized carbons (Fsp3) is 0.455. The van der Waals surface area contributed by atoms with Crippen molar-refractivity contribution < 1.29 is 16.8 Å². The Morgan fingerprint density at radius 2 is 1.10 bits per heavy atom. The standard InChI is InChI=1S/C11H16N4O4S2/c1-6-10(7(2)13-20(16,17)12-6)5-11-8(3)14-21(18,19)15-9(11)4/h12,14H,5H2,1-4H3. The molecule has 0 radical (unpaired) electrons. The first kappa shape index (κ1) is 15.7. The lowest BCUT2D eigenvalue weighted by Crippen LogP contribution is -2.31. The second-order valence-corrected chi connectivity index (χ2v) is 7.57. The van der Waals surface area contributed by atoms with Crippen molar-refractivity contribution in [2.45, 2.75) is 34.1 Å². The molecule has 0 saturated carbocycles. The highest BCUT2D eigenvalue weighted by Crippen LogP contribution is 2.25. The maximum atomic E-state index is 11.5. The fourth-order valence-electron chi connectivity index (χ4n) is 2.27. The van der Waals surface area contributed by atoms with Gasteiger partial charge in [-0.3, -0.25) is 9.44 Å². The molecule has 0 fully saturated rings. The van der Waals surface area contributed by atoms with Crippen molar-refractivity contribution in [3.63, 3.8) is 0 Å². The lowest BCUT2D eigenvalue weighted by atomic mass is 9.96. The molecule has 0 aliphatic carbocycles. The van der Waals surface area contributed by atoms with Gasteiger partial charge in [0.25, 0.3) is 0 Å². The number of nitrogens with zero attached hydrogens (tertiary/aromatic N) is 2. The van der Waals surface area contributed by atoms with Crippen LogP contribution in [-0.2, 0) is 20.4 Å². The van der Waals surface area contributed by atoms with Crippen molar-refractivity contribution in [1.29, 1.82) is 0 Å². The molecule has 2 rings (SSSR count). The zero-order chi connectivity index (χ0) is 16.0. The summed E-state index contributed by atoms with van der Waals surface area (Å²) in [6.07, 6.45) is 0.341. The van der Waals surface area contributed by atoms with Crippen LogP contribution in [0.1, 0.15) is 34.1 Å². The molecule has 2 heterocycles. The first-order chi connectivity index (χ1) is 9.51. The minimum atomic E-state index is -3.68. The summed E-state index contributed by atoms with van der Waals surface area (Å²) in [5, 5.41) is 0. The summed E-state index contributed by atoms with van der Waals surface area (Å²) < 4.78 is 57.7. The van der Waals surface area contributed by atoms with Crippen molar-refractivity contribution in [3.05, 3.63) is 22.5 Å². The van der Waals surface area contributed by atoms with Gasteiger partial charge in [-0.25, -0.2) is 0 Å². The number of nitrogens with one attached hydrogen (secondary N) is 2. The molecule has 2 N–H and O–H groups in total. The van der Waals surface area contributed by atoms with E-state index in [0.717, 1.165) is 0 Å². The minimum Gasteiger partial charge on any atom is -0.269 e. The van der Waals surface area contributed by atoms with E-state index in [1.54, 1.807) is 27.7 Å². The first-order valence-corrected chi connectivity index (χ1v) is 8.97. The topological polar surface area (TPSA) is 117 Å². The number of hydrogen-bond acceptors (Lipinski definition) is 4. The predicted molar refractivity (Wildman–Crippen MR) is 80.3 cm³/mol. The lowest BCUT2D eigenvalue weighted by molar-refractivity contribution is 0.588. The molecule has 2 aliphatic rings. The maximum absolute atomic E-state index is 11.5. The van der Waals surface area contributed by atoms with Crippen LogP contribution in [0.5, 0.6) is 0 Å². The molecule has 2 aliphatic heterocycles. The quantitative estimate of drug-likeness (QED) is 0.767. The zero-order valence-corrected chi connectivity index (χ0v) is 13.7. The van der Waals surface area contributed by atoms with Crippen LogP contribution in [0.2, 0.25) is 0 Å². The van der Waals surface area contributed by atoms with Gasteiger partial charge in [0.1, 0.15) is 0 Å². The normalized spacial score (nSPS) is 24.0. The predicted octanol–water partition coefficient (Wildman–Crippen LogP) is 0.542. The van der Waals surface area contributed by atoms with Crippen LogP contribution in [0.4, 0.5) is 0 Å². The average Bonchev–Trinajstić information content (AvgIpc) is 2.22. The van der Waals surface area contributed by atoms with E-state index in [-0.39, 0.29) is 0 Å². The summed E-state index contributed by atoms with van der Waals surface area (Å²) in [6, 6.07) is 0. The first-order valence-electron chi connectivity index (χ1n) is 6.09. The van der Waals surface area contributed by atoms with E-state index in [1.165, 1.54) is 0 Å². The molecule has 0 aromatic rings. The van der Waals surface area contributed by atoms with Gasteiger partial charge in [0.2, 0.25) is 0 Å². The van der Waals surface area contributed by atoms with Crippen molar-refractivity contribution >= 4 is 31.8 Å². The van der Waals surface area contributed by atoms with Crippen LogP contribution in [0.25, 0.3) is 0 Å². The van der Waals surface area contributed by atoms with E-state index in [4.69, 9.17) is 0 Å². The third-order valence-electron chi connectivity index (χ3n) is 3.21. The molecule has 0 amide bonds. The van der Waals surface area contributed by atoms with E-state index in [1.807, 2.05) is 0 Å². The Labute approximate surface area is 124 Å². The molecule has 8 nitrogen and oxygen atoms in total. The average molecular weight is 332 g/mol. The van der Waals surface area contributed by atoms with Crippen LogP contribution in [0, 0.1) is 0 Å². The molecule has 0 saturated heterocycles. The van der Waals surface area contributed by atoms with Gasteiger partial charge in [-0.1, -0.05) is 0 Å². The van der Waals surface area contributed by atoms with E-state index in [9.17, 15) is 16.8 Å². The zero-order valence-electron chi connectivity index (χ0n) is 12.1. The summed E-state index contributed by atoms with van der Waals surface area (Å²) in [4.78, 5) is 0. The van der Waals surface area contributed by atoms with Gasteiger partial charge in [-0.05, 0) is 38.8 Å². The molecule has 0 aromatic heterocycles. The second kappa shape index (κ2) is 4.95. The number of allylic oxidation sites excluding steroid dienone is 4. The Balaban J connectivity index is 2.40. The highest BCUT2D eigenvalue weighted by Gasteiger charge is 2.25. The van der Waals surface area contributed by atoms with Crippen molar-refractivity contribution in [3.8, 4) is 0 Å². The lowest BCUT2D eigenvalue weighted by Gasteiger charge is -2.22. The Bertz CT molecular complexity index is 759. The van der Waals surface area contributed by atoms with Gasteiger partial charge in [-0.2, -0.15) is 16.8 Å². The molecule has 0 unspecified atom stereocenters. The van der Waals surface area contributed by atoms with Crippen LogP contribution < -0.4 is 9.44 Å². The van der Waals surface area contributed by atoms with E-state index < -0.39 is 20.4 Å². The fourth-order valence-corrected chi connectivity index (χ4v) is 4.32. The largest absolute Gasteiger partial charge is 0.342 e.